The zero-order valence-electron chi connectivity index (χ0n) is 16.3. The Morgan fingerprint density at radius 2 is 1.86 bits per heavy atom. The minimum atomic E-state index is -0.402. The van der Waals surface area contributed by atoms with Crippen LogP contribution in [-0.2, 0) is 13.0 Å². The van der Waals surface area contributed by atoms with Crippen LogP contribution in [0.5, 0.6) is 0 Å². The van der Waals surface area contributed by atoms with Gasteiger partial charge in [-0.1, -0.05) is 49.4 Å². The average Bonchev–Trinajstić information content (AvgIpc) is 2.74. The molecule has 0 bridgehead atoms. The third kappa shape index (κ3) is 4.03. The molecule has 1 atom stereocenters. The molecule has 0 spiro atoms. The fourth-order valence-corrected chi connectivity index (χ4v) is 4.22. The molecule has 1 aliphatic rings. The lowest BCUT2D eigenvalue weighted by Gasteiger charge is -2.34. The van der Waals surface area contributed by atoms with Crippen molar-refractivity contribution in [2.24, 2.45) is 5.92 Å². The Morgan fingerprint density at radius 1 is 1.11 bits per heavy atom. The molecule has 146 valence electrons. The van der Waals surface area contributed by atoms with E-state index in [4.69, 9.17) is 4.42 Å². The number of fused-ring (bicyclic) bond motifs is 1. The highest BCUT2D eigenvalue weighted by Gasteiger charge is 2.26. The van der Waals surface area contributed by atoms with Gasteiger partial charge in [-0.25, -0.2) is 4.79 Å². The summed E-state index contributed by atoms with van der Waals surface area (Å²) in [6.07, 6.45) is 2.42. The second-order valence-electron chi connectivity index (χ2n) is 7.74. The first-order chi connectivity index (χ1) is 13.6. The normalized spacial score (nSPS) is 17.1. The number of hydrogen-bond donors (Lipinski definition) is 1. The number of nitrogens with zero attached hydrogens (tertiary/aromatic N) is 1. The standard InChI is InChI=1S/C24H27NO3/c1-2-17-8-9-21-20(15-23(26)28-22(21)14-17)16-25-12-10-19(11-13-25)24(27)18-6-4-3-5-7-18/h3-9,14-15,19,24,27H,2,10-13,16H2,1H3. The van der Waals surface area contributed by atoms with Crippen molar-refractivity contribution in [3.05, 3.63) is 81.7 Å². The van der Waals surface area contributed by atoms with Crippen molar-refractivity contribution < 1.29 is 9.52 Å². The maximum Gasteiger partial charge on any atom is 0.336 e. The third-order valence-corrected chi connectivity index (χ3v) is 5.92. The summed E-state index contributed by atoms with van der Waals surface area (Å²) in [5.74, 6) is 0.281. The number of benzene rings is 2. The van der Waals surface area contributed by atoms with Crippen molar-refractivity contribution in [2.45, 2.75) is 38.8 Å². The van der Waals surface area contributed by atoms with E-state index in [2.05, 4.69) is 24.0 Å². The molecule has 1 unspecified atom stereocenters. The summed E-state index contributed by atoms with van der Waals surface area (Å²) < 4.78 is 5.42. The molecular formula is C24H27NO3. The van der Waals surface area contributed by atoms with Crippen molar-refractivity contribution >= 4 is 11.0 Å². The molecule has 1 aliphatic heterocycles. The van der Waals surface area contributed by atoms with Crippen LogP contribution < -0.4 is 5.63 Å². The van der Waals surface area contributed by atoms with E-state index < -0.39 is 6.10 Å². The van der Waals surface area contributed by atoms with Crippen molar-refractivity contribution in [3.8, 4) is 0 Å². The fourth-order valence-electron chi connectivity index (χ4n) is 4.22. The largest absolute Gasteiger partial charge is 0.423 e. The van der Waals surface area contributed by atoms with Gasteiger partial charge >= 0.3 is 5.63 Å². The van der Waals surface area contributed by atoms with Crippen LogP contribution in [0.3, 0.4) is 0 Å². The van der Waals surface area contributed by atoms with E-state index in [1.54, 1.807) is 6.07 Å². The van der Waals surface area contributed by atoms with Crippen LogP contribution in [0.2, 0.25) is 0 Å². The van der Waals surface area contributed by atoms with E-state index in [-0.39, 0.29) is 11.5 Å². The minimum absolute atomic E-state index is 0.281. The van der Waals surface area contributed by atoms with Crippen molar-refractivity contribution in [1.29, 1.82) is 0 Å². The maximum atomic E-state index is 12.0. The highest BCUT2D eigenvalue weighted by molar-refractivity contribution is 5.80. The maximum absolute atomic E-state index is 12.0. The van der Waals surface area contributed by atoms with Gasteiger partial charge < -0.3 is 9.52 Å². The van der Waals surface area contributed by atoms with Crippen molar-refractivity contribution in [3.63, 3.8) is 0 Å². The summed E-state index contributed by atoms with van der Waals surface area (Å²) in [5, 5.41) is 11.7. The number of rotatable bonds is 5. The van der Waals surface area contributed by atoms with Gasteiger partial charge in [0, 0.05) is 18.0 Å². The van der Waals surface area contributed by atoms with Gasteiger partial charge in [0.05, 0.1) is 6.10 Å². The Hall–Kier alpha value is -2.43. The first-order valence-corrected chi connectivity index (χ1v) is 10.1. The third-order valence-electron chi connectivity index (χ3n) is 5.92. The Labute approximate surface area is 165 Å². The second kappa shape index (κ2) is 8.29. The van der Waals surface area contributed by atoms with Crippen molar-refractivity contribution in [1.82, 2.24) is 4.90 Å². The summed E-state index contributed by atoms with van der Waals surface area (Å²) in [6.45, 7) is 4.67. The molecule has 28 heavy (non-hydrogen) atoms. The van der Waals surface area contributed by atoms with E-state index >= 15 is 0 Å². The van der Waals surface area contributed by atoms with Crippen LogP contribution in [0, 0.1) is 5.92 Å². The molecule has 1 fully saturated rings. The van der Waals surface area contributed by atoms with E-state index in [0.717, 1.165) is 55.4 Å². The fraction of sp³-hybridized carbons (Fsp3) is 0.375. The van der Waals surface area contributed by atoms with Gasteiger partial charge in [0.15, 0.2) is 0 Å². The summed E-state index contributed by atoms with van der Waals surface area (Å²) >= 11 is 0. The molecular weight excluding hydrogens is 350 g/mol. The molecule has 3 aromatic rings. The van der Waals surface area contributed by atoms with Crippen LogP contribution in [-0.4, -0.2) is 23.1 Å². The molecule has 0 amide bonds. The Morgan fingerprint density at radius 3 is 2.57 bits per heavy atom. The van der Waals surface area contributed by atoms with E-state index in [0.29, 0.717) is 5.58 Å². The molecule has 2 heterocycles. The molecule has 1 aromatic heterocycles. The van der Waals surface area contributed by atoms with E-state index in [1.807, 2.05) is 36.4 Å². The number of likely N-dealkylation sites (tertiary alicyclic amines) is 1. The van der Waals surface area contributed by atoms with Gasteiger partial charge in [0.1, 0.15) is 5.58 Å². The summed E-state index contributed by atoms with van der Waals surface area (Å²) in [4.78, 5) is 14.4. The predicted octanol–water partition coefficient (Wildman–Crippen LogP) is 4.30. The summed E-state index contributed by atoms with van der Waals surface area (Å²) in [5.41, 5.74) is 3.58. The minimum Gasteiger partial charge on any atom is -0.423 e. The molecule has 4 nitrogen and oxygen atoms in total. The topological polar surface area (TPSA) is 53.7 Å². The Bertz CT molecular complexity index is 988. The second-order valence-corrected chi connectivity index (χ2v) is 7.74. The smallest absolute Gasteiger partial charge is 0.336 e. The molecule has 0 radical (unpaired) electrons. The number of aryl methyl sites for hydroxylation is 1. The highest BCUT2D eigenvalue weighted by atomic mass is 16.4. The summed E-state index contributed by atoms with van der Waals surface area (Å²) in [7, 11) is 0. The molecule has 4 heteroatoms. The van der Waals surface area contributed by atoms with Crippen LogP contribution >= 0.6 is 0 Å². The number of piperidine rings is 1. The Balaban J connectivity index is 1.46. The van der Waals surface area contributed by atoms with Crippen LogP contribution in [0.4, 0.5) is 0 Å². The number of hydrogen-bond acceptors (Lipinski definition) is 4. The molecule has 1 saturated heterocycles. The van der Waals surface area contributed by atoms with E-state index in [9.17, 15) is 9.90 Å². The first-order valence-electron chi connectivity index (χ1n) is 10.1. The molecule has 2 aromatic carbocycles. The lowest BCUT2D eigenvalue weighted by atomic mass is 9.87. The monoisotopic (exact) mass is 377 g/mol. The van der Waals surface area contributed by atoms with Gasteiger partial charge in [-0.3, -0.25) is 4.90 Å². The molecule has 1 N–H and O–H groups in total. The zero-order chi connectivity index (χ0) is 19.5. The quantitative estimate of drug-likeness (QED) is 0.674. The van der Waals surface area contributed by atoms with Crippen LogP contribution in [0.1, 0.15) is 42.6 Å². The van der Waals surface area contributed by atoms with Gasteiger partial charge in [-0.05, 0) is 61.0 Å². The lowest BCUT2D eigenvalue weighted by Crippen LogP contribution is -2.35. The number of aliphatic hydroxyl groups excluding tert-OH is 1. The lowest BCUT2D eigenvalue weighted by molar-refractivity contribution is 0.0568. The summed E-state index contributed by atoms with van der Waals surface area (Å²) in [6, 6.07) is 17.7. The number of aliphatic hydroxyl groups is 1. The predicted molar refractivity (Wildman–Crippen MR) is 111 cm³/mol. The van der Waals surface area contributed by atoms with Gasteiger partial charge in [-0.15, -0.1) is 0 Å². The molecule has 0 saturated carbocycles. The zero-order valence-corrected chi connectivity index (χ0v) is 16.3. The molecule has 4 rings (SSSR count). The highest BCUT2D eigenvalue weighted by Crippen LogP contribution is 2.31. The Kier molecular flexibility index (Phi) is 5.60. The average molecular weight is 377 g/mol. The first kappa shape index (κ1) is 18.9. The van der Waals surface area contributed by atoms with Crippen LogP contribution in [0.15, 0.2) is 63.8 Å². The van der Waals surface area contributed by atoms with Gasteiger partial charge in [0.2, 0.25) is 0 Å². The van der Waals surface area contributed by atoms with Gasteiger partial charge in [-0.2, -0.15) is 0 Å². The van der Waals surface area contributed by atoms with E-state index in [1.165, 1.54) is 5.56 Å². The van der Waals surface area contributed by atoms with Crippen LogP contribution in [0.25, 0.3) is 11.0 Å². The molecule has 0 aliphatic carbocycles. The van der Waals surface area contributed by atoms with Crippen molar-refractivity contribution in [2.75, 3.05) is 13.1 Å². The van der Waals surface area contributed by atoms with Gasteiger partial charge in [0.25, 0.3) is 0 Å². The SMILES string of the molecule is CCc1ccc2c(CN3CCC(C(O)c4ccccc4)CC3)cc(=O)oc2c1.